The topological polar surface area (TPSA) is 55.0 Å². The van der Waals surface area contributed by atoms with Crippen molar-refractivity contribution in [3.8, 4) is 6.07 Å². The first-order chi connectivity index (χ1) is 8.33. The molecule has 1 aromatic heterocycles. The number of hydrogen-bond donors (Lipinski definition) is 0. The standard InChI is InChI=1S/C12H17IN2O2Si/c1-18(2,3)5-4-17-9-15-8-11(13)6-10(7-14)12(15)16/h6,8H,4-5,9H2,1-3H3. The van der Waals surface area contributed by atoms with Gasteiger partial charge in [0.15, 0.2) is 0 Å². The molecule has 0 saturated heterocycles. The molecule has 0 aliphatic heterocycles. The van der Waals surface area contributed by atoms with E-state index in [4.69, 9.17) is 10.00 Å². The van der Waals surface area contributed by atoms with Gasteiger partial charge in [-0.2, -0.15) is 5.26 Å². The van der Waals surface area contributed by atoms with E-state index in [9.17, 15) is 4.79 Å². The van der Waals surface area contributed by atoms with Gasteiger partial charge in [0.2, 0.25) is 0 Å². The van der Waals surface area contributed by atoms with E-state index in [1.807, 2.05) is 6.07 Å². The summed E-state index contributed by atoms with van der Waals surface area (Å²) in [5, 5.41) is 8.84. The molecule has 0 atom stereocenters. The summed E-state index contributed by atoms with van der Waals surface area (Å²) in [5.41, 5.74) is -0.124. The average molecular weight is 376 g/mol. The molecule has 98 valence electrons. The number of aromatic nitrogens is 1. The van der Waals surface area contributed by atoms with Crippen LogP contribution in [0.15, 0.2) is 17.1 Å². The monoisotopic (exact) mass is 376 g/mol. The zero-order valence-electron chi connectivity index (χ0n) is 10.9. The number of ether oxygens (including phenoxy) is 1. The fraction of sp³-hybridized carbons (Fsp3) is 0.500. The van der Waals surface area contributed by atoms with Gasteiger partial charge < -0.3 is 4.74 Å². The summed E-state index contributed by atoms with van der Waals surface area (Å²) in [6.07, 6.45) is 1.71. The van der Waals surface area contributed by atoms with Gasteiger partial charge in [-0.05, 0) is 34.7 Å². The van der Waals surface area contributed by atoms with E-state index < -0.39 is 8.07 Å². The lowest BCUT2D eigenvalue weighted by Crippen LogP contribution is -2.26. The highest BCUT2D eigenvalue weighted by Gasteiger charge is 2.12. The first-order valence-corrected chi connectivity index (χ1v) is 10.5. The van der Waals surface area contributed by atoms with Gasteiger partial charge in [-0.25, -0.2) is 0 Å². The van der Waals surface area contributed by atoms with Crippen molar-refractivity contribution in [3.05, 3.63) is 31.8 Å². The summed E-state index contributed by atoms with van der Waals surface area (Å²) in [6.45, 7) is 7.72. The maximum absolute atomic E-state index is 11.8. The molecule has 1 rings (SSSR count). The lowest BCUT2D eigenvalue weighted by molar-refractivity contribution is 0.0845. The third kappa shape index (κ3) is 4.92. The van der Waals surface area contributed by atoms with Gasteiger partial charge >= 0.3 is 0 Å². The summed E-state index contributed by atoms with van der Waals surface area (Å²) < 4.78 is 7.82. The van der Waals surface area contributed by atoms with Crippen LogP contribution in [0.1, 0.15) is 5.56 Å². The Balaban J connectivity index is 2.66. The van der Waals surface area contributed by atoms with E-state index in [1.54, 1.807) is 12.3 Å². The second kappa shape index (κ2) is 6.50. The third-order valence-electron chi connectivity index (χ3n) is 2.40. The second-order valence-corrected chi connectivity index (χ2v) is 12.2. The molecule has 18 heavy (non-hydrogen) atoms. The van der Waals surface area contributed by atoms with Crippen molar-refractivity contribution in [1.82, 2.24) is 4.57 Å². The zero-order chi connectivity index (χ0) is 13.8. The number of nitriles is 1. The van der Waals surface area contributed by atoms with Crippen molar-refractivity contribution in [3.63, 3.8) is 0 Å². The summed E-state index contributed by atoms with van der Waals surface area (Å²) in [5.74, 6) is 0. The molecule has 0 fully saturated rings. The molecule has 0 saturated carbocycles. The molecule has 1 aromatic rings. The van der Waals surface area contributed by atoms with E-state index in [2.05, 4.69) is 42.2 Å². The van der Waals surface area contributed by atoms with E-state index in [-0.39, 0.29) is 17.9 Å². The van der Waals surface area contributed by atoms with Crippen LogP contribution in [0.5, 0.6) is 0 Å². The van der Waals surface area contributed by atoms with E-state index in [0.29, 0.717) is 6.61 Å². The predicted molar refractivity (Wildman–Crippen MR) is 82.2 cm³/mol. The van der Waals surface area contributed by atoms with Crippen molar-refractivity contribution in [2.75, 3.05) is 6.61 Å². The van der Waals surface area contributed by atoms with Crippen molar-refractivity contribution >= 4 is 30.7 Å². The van der Waals surface area contributed by atoms with Gasteiger partial charge in [0.1, 0.15) is 18.4 Å². The van der Waals surface area contributed by atoms with Crippen molar-refractivity contribution in [2.45, 2.75) is 32.4 Å². The highest BCUT2D eigenvalue weighted by molar-refractivity contribution is 14.1. The Hall–Kier alpha value is -0.653. The summed E-state index contributed by atoms with van der Waals surface area (Å²) in [6, 6.07) is 4.56. The molecule has 1 heterocycles. The van der Waals surface area contributed by atoms with Crippen LogP contribution in [0.4, 0.5) is 0 Å². The highest BCUT2D eigenvalue weighted by Crippen LogP contribution is 2.08. The number of nitrogens with zero attached hydrogens (tertiary/aromatic N) is 2. The first kappa shape index (κ1) is 15.4. The maximum Gasteiger partial charge on any atom is 0.270 e. The minimum Gasteiger partial charge on any atom is -0.361 e. The minimum atomic E-state index is -1.10. The smallest absolute Gasteiger partial charge is 0.270 e. The van der Waals surface area contributed by atoms with Gasteiger partial charge in [0, 0.05) is 24.4 Å². The molecule has 6 heteroatoms. The molecule has 0 aliphatic rings. The van der Waals surface area contributed by atoms with E-state index >= 15 is 0 Å². The average Bonchev–Trinajstić information content (AvgIpc) is 2.27. The number of pyridine rings is 1. The van der Waals surface area contributed by atoms with Crippen LogP contribution in [0, 0.1) is 14.9 Å². The quantitative estimate of drug-likeness (QED) is 0.451. The van der Waals surface area contributed by atoms with Crippen LogP contribution in [0.2, 0.25) is 25.7 Å². The molecule has 0 unspecified atom stereocenters. The maximum atomic E-state index is 11.8. The molecular formula is C12H17IN2O2Si. The molecule has 0 bridgehead atoms. The van der Waals surface area contributed by atoms with Crippen LogP contribution < -0.4 is 5.56 Å². The van der Waals surface area contributed by atoms with E-state index in [0.717, 1.165) is 9.61 Å². The fourth-order valence-corrected chi connectivity index (χ4v) is 2.72. The van der Waals surface area contributed by atoms with E-state index in [1.165, 1.54) is 4.57 Å². The molecule has 0 aliphatic carbocycles. The number of hydrogen-bond acceptors (Lipinski definition) is 3. The van der Waals surface area contributed by atoms with Crippen molar-refractivity contribution < 1.29 is 4.74 Å². The molecule has 0 amide bonds. The molecule has 0 radical (unpaired) electrons. The largest absolute Gasteiger partial charge is 0.361 e. The van der Waals surface area contributed by atoms with Gasteiger partial charge in [-0.1, -0.05) is 19.6 Å². The normalized spacial score (nSPS) is 11.3. The molecule has 0 spiro atoms. The SMILES string of the molecule is C[Si](C)(C)CCOCn1cc(I)cc(C#N)c1=O. The second-order valence-electron chi connectivity index (χ2n) is 5.31. The van der Waals surface area contributed by atoms with Gasteiger partial charge in [0.25, 0.3) is 5.56 Å². The van der Waals surface area contributed by atoms with Crippen LogP contribution >= 0.6 is 22.6 Å². The predicted octanol–water partition coefficient (Wildman–Crippen LogP) is 2.64. The third-order valence-corrected chi connectivity index (χ3v) is 4.69. The Bertz CT molecular complexity index is 514. The van der Waals surface area contributed by atoms with Gasteiger partial charge in [-0.15, -0.1) is 0 Å². The van der Waals surface area contributed by atoms with Crippen LogP contribution in [-0.4, -0.2) is 19.2 Å². The summed E-state index contributed by atoms with van der Waals surface area (Å²) >= 11 is 2.09. The Labute approximate surface area is 122 Å². The zero-order valence-corrected chi connectivity index (χ0v) is 14.0. The molecule has 4 nitrogen and oxygen atoms in total. The van der Waals surface area contributed by atoms with Crippen molar-refractivity contribution in [2.24, 2.45) is 0 Å². The Morgan fingerprint density at radius 1 is 1.50 bits per heavy atom. The molecule has 0 aromatic carbocycles. The van der Waals surface area contributed by atoms with Crippen LogP contribution in [-0.2, 0) is 11.5 Å². The number of halogens is 1. The minimum absolute atomic E-state index is 0.163. The Kier molecular flexibility index (Phi) is 5.56. The van der Waals surface area contributed by atoms with Gasteiger partial charge in [-0.3, -0.25) is 9.36 Å². The molecule has 0 N–H and O–H groups in total. The lowest BCUT2D eigenvalue weighted by atomic mass is 10.3. The fourth-order valence-electron chi connectivity index (χ4n) is 1.32. The summed E-state index contributed by atoms with van der Waals surface area (Å²) in [4.78, 5) is 11.8. The Morgan fingerprint density at radius 2 is 2.17 bits per heavy atom. The first-order valence-electron chi connectivity index (χ1n) is 5.71. The molecular weight excluding hydrogens is 359 g/mol. The number of rotatable bonds is 5. The van der Waals surface area contributed by atoms with Gasteiger partial charge in [0.05, 0.1) is 0 Å². The van der Waals surface area contributed by atoms with Crippen LogP contribution in [0.3, 0.4) is 0 Å². The van der Waals surface area contributed by atoms with Crippen LogP contribution in [0.25, 0.3) is 0 Å². The highest BCUT2D eigenvalue weighted by atomic mass is 127. The lowest BCUT2D eigenvalue weighted by Gasteiger charge is -2.15. The van der Waals surface area contributed by atoms with Crippen molar-refractivity contribution in [1.29, 1.82) is 5.26 Å². The summed E-state index contributed by atoms with van der Waals surface area (Å²) in [7, 11) is -1.10. The Morgan fingerprint density at radius 3 is 2.72 bits per heavy atom.